The van der Waals surface area contributed by atoms with Crippen molar-refractivity contribution in [3.05, 3.63) is 133 Å². The minimum absolute atomic E-state index is 0. The average molecular weight is 713 g/mol. The summed E-state index contributed by atoms with van der Waals surface area (Å²) < 4.78 is 0. The number of hydrogen-bond donors (Lipinski definition) is 0. The zero-order valence-electron chi connectivity index (χ0n) is 24.6. The van der Waals surface area contributed by atoms with Gasteiger partial charge >= 0.3 is 0 Å². The van der Waals surface area contributed by atoms with Crippen LogP contribution >= 0.6 is 0 Å². The summed E-state index contributed by atoms with van der Waals surface area (Å²) in [6.45, 7) is 13.5. The Morgan fingerprint density at radius 1 is 0.537 bits per heavy atom. The molecule has 0 spiro atoms. The van der Waals surface area contributed by atoms with Crippen molar-refractivity contribution in [1.82, 2.24) is 9.97 Å². The van der Waals surface area contributed by atoms with Crippen molar-refractivity contribution in [2.45, 2.75) is 52.4 Å². The quantitative estimate of drug-likeness (QED) is 0.132. The summed E-state index contributed by atoms with van der Waals surface area (Å²) in [4.78, 5) is 8.82. The van der Waals surface area contributed by atoms with E-state index in [-0.39, 0.29) is 30.9 Å². The Bertz CT molecular complexity index is 1710. The van der Waals surface area contributed by atoms with Gasteiger partial charge < -0.3 is 9.97 Å². The molecule has 0 N–H and O–H groups in total. The summed E-state index contributed by atoms with van der Waals surface area (Å²) in [6, 6.07) is 40.2. The van der Waals surface area contributed by atoms with Crippen molar-refractivity contribution in [2.75, 3.05) is 0 Å². The first-order chi connectivity index (χ1) is 19.1. The van der Waals surface area contributed by atoms with E-state index in [1.807, 2.05) is 48.7 Å². The van der Waals surface area contributed by atoms with Crippen molar-refractivity contribution in [2.24, 2.45) is 0 Å². The molecule has 2 aromatic heterocycles. The van der Waals surface area contributed by atoms with E-state index < -0.39 is 0 Å². The molecule has 0 aliphatic carbocycles. The van der Waals surface area contributed by atoms with Gasteiger partial charge in [0.05, 0.1) is 0 Å². The van der Waals surface area contributed by atoms with Crippen LogP contribution in [-0.4, -0.2) is 9.97 Å². The number of hydrogen-bond acceptors (Lipinski definition) is 2. The minimum Gasteiger partial charge on any atom is -0.305 e. The number of fused-ring (bicyclic) bond motifs is 3. The molecule has 6 rings (SSSR count). The fraction of sp³-hybridized carbons (Fsp3) is 0.211. The van der Waals surface area contributed by atoms with Crippen LogP contribution in [0.5, 0.6) is 0 Å². The van der Waals surface area contributed by atoms with Crippen LogP contribution in [0.1, 0.15) is 52.7 Å². The van der Waals surface area contributed by atoms with E-state index in [9.17, 15) is 0 Å². The van der Waals surface area contributed by atoms with Crippen molar-refractivity contribution in [3.8, 4) is 22.5 Å². The Morgan fingerprint density at radius 2 is 1.22 bits per heavy atom. The number of rotatable bonds is 2. The summed E-state index contributed by atoms with van der Waals surface area (Å²) in [5.41, 5.74) is 6.96. The van der Waals surface area contributed by atoms with Gasteiger partial charge in [-0.1, -0.05) is 101 Å². The van der Waals surface area contributed by atoms with E-state index >= 15 is 0 Å². The summed E-state index contributed by atoms with van der Waals surface area (Å²) >= 11 is 0. The van der Waals surface area contributed by atoms with E-state index in [0.29, 0.717) is 0 Å². The second-order valence-corrected chi connectivity index (χ2v) is 12.3. The Labute approximate surface area is 258 Å². The SMILES string of the molecule is CC(C)(C)c1ccnc(-c2[c-]cc3c(ccc4cc(C(C)(C)C)ccc43)c2)c1.[Ir].[c-]1ccccc1-c1ccccn1. The summed E-state index contributed by atoms with van der Waals surface area (Å²) in [7, 11) is 0. The molecule has 2 heterocycles. The van der Waals surface area contributed by atoms with Crippen molar-refractivity contribution < 1.29 is 20.1 Å². The van der Waals surface area contributed by atoms with E-state index in [1.54, 1.807) is 6.20 Å². The molecular weight excluding hydrogens is 677 g/mol. The largest absolute Gasteiger partial charge is 0.305 e. The van der Waals surface area contributed by atoms with Crippen molar-refractivity contribution in [3.63, 3.8) is 0 Å². The molecule has 209 valence electrons. The summed E-state index contributed by atoms with van der Waals surface area (Å²) in [5.74, 6) is 0. The third-order valence-corrected chi connectivity index (χ3v) is 7.18. The zero-order chi connectivity index (χ0) is 28.3. The Balaban J connectivity index is 0.000000249. The predicted octanol–water partition coefficient (Wildman–Crippen LogP) is 10.00. The van der Waals surface area contributed by atoms with Gasteiger partial charge in [0, 0.05) is 32.5 Å². The number of nitrogens with zero attached hydrogens (tertiary/aromatic N) is 2. The molecule has 0 fully saturated rings. The Morgan fingerprint density at radius 3 is 1.88 bits per heavy atom. The number of pyridine rings is 2. The molecule has 0 saturated heterocycles. The first-order valence-corrected chi connectivity index (χ1v) is 13.8. The minimum atomic E-state index is 0. The molecule has 0 bridgehead atoms. The normalized spacial score (nSPS) is 11.5. The van der Waals surface area contributed by atoms with E-state index in [1.165, 1.54) is 32.7 Å². The van der Waals surface area contributed by atoms with E-state index in [0.717, 1.165) is 22.5 Å². The maximum absolute atomic E-state index is 4.60. The van der Waals surface area contributed by atoms with Crippen LogP contribution in [0, 0.1) is 12.1 Å². The maximum atomic E-state index is 4.60. The van der Waals surface area contributed by atoms with Gasteiger partial charge in [-0.05, 0) is 50.9 Å². The zero-order valence-corrected chi connectivity index (χ0v) is 27.0. The van der Waals surface area contributed by atoms with Gasteiger partial charge in [0.15, 0.2) is 0 Å². The van der Waals surface area contributed by atoms with Crippen LogP contribution in [-0.2, 0) is 30.9 Å². The van der Waals surface area contributed by atoms with Crippen LogP contribution < -0.4 is 0 Å². The molecule has 4 aromatic carbocycles. The van der Waals surface area contributed by atoms with Crippen LogP contribution in [0.2, 0.25) is 0 Å². The second kappa shape index (κ2) is 12.5. The summed E-state index contributed by atoms with van der Waals surface area (Å²) in [6.07, 6.45) is 3.69. The first-order valence-electron chi connectivity index (χ1n) is 13.8. The molecule has 41 heavy (non-hydrogen) atoms. The molecular formula is C38H36IrN2-2. The summed E-state index contributed by atoms with van der Waals surface area (Å²) in [5, 5.41) is 5.04. The van der Waals surface area contributed by atoms with Crippen LogP contribution in [0.4, 0.5) is 0 Å². The van der Waals surface area contributed by atoms with Gasteiger partial charge in [0.2, 0.25) is 0 Å². The van der Waals surface area contributed by atoms with E-state index in [2.05, 4.69) is 118 Å². The molecule has 6 aromatic rings. The Hall–Kier alpha value is -3.65. The maximum Gasteiger partial charge on any atom is 0.0163 e. The second-order valence-electron chi connectivity index (χ2n) is 12.3. The van der Waals surface area contributed by atoms with Crippen molar-refractivity contribution >= 4 is 21.5 Å². The van der Waals surface area contributed by atoms with E-state index in [4.69, 9.17) is 0 Å². The number of benzene rings is 4. The molecule has 0 saturated carbocycles. The van der Waals surface area contributed by atoms with Crippen molar-refractivity contribution in [1.29, 1.82) is 0 Å². The van der Waals surface area contributed by atoms with Crippen LogP contribution in [0.25, 0.3) is 44.1 Å². The third-order valence-electron chi connectivity index (χ3n) is 7.18. The van der Waals surface area contributed by atoms with Gasteiger partial charge in [0.1, 0.15) is 0 Å². The monoisotopic (exact) mass is 713 g/mol. The molecule has 1 radical (unpaired) electrons. The van der Waals surface area contributed by atoms with Gasteiger partial charge in [0.25, 0.3) is 0 Å². The van der Waals surface area contributed by atoms with Gasteiger partial charge in [-0.2, -0.15) is 0 Å². The van der Waals surface area contributed by atoms with Crippen LogP contribution in [0.3, 0.4) is 0 Å². The standard InChI is InChI=1S/C27H28N.C11H8N.Ir/c1-26(2,3)21-10-12-24-19(16-21)8-7-18-15-20(9-11-23(18)24)25-17-22(13-14-28-25)27(4,5)6;1-2-6-10(7-3-1)11-8-4-5-9-12-11;/h7-8,10-17H,1-6H3;1-6,8-9H;/q2*-1;. The first kappa shape index (κ1) is 30.3. The number of aromatic nitrogens is 2. The van der Waals surface area contributed by atoms with Crippen LogP contribution in [0.15, 0.2) is 109 Å². The molecule has 2 nitrogen and oxygen atoms in total. The molecule has 3 heteroatoms. The van der Waals surface area contributed by atoms with Gasteiger partial charge in [-0.25, -0.2) is 0 Å². The molecule has 0 aliphatic heterocycles. The predicted molar refractivity (Wildman–Crippen MR) is 169 cm³/mol. The smallest absolute Gasteiger partial charge is 0.0163 e. The molecule has 0 unspecified atom stereocenters. The molecule has 0 atom stereocenters. The fourth-order valence-electron chi connectivity index (χ4n) is 4.74. The molecule has 0 aliphatic rings. The van der Waals surface area contributed by atoms with Gasteiger partial charge in [-0.15, -0.1) is 65.0 Å². The molecule has 0 amide bonds. The van der Waals surface area contributed by atoms with Gasteiger partial charge in [-0.3, -0.25) is 0 Å². The fourth-order valence-corrected chi connectivity index (χ4v) is 4.74. The topological polar surface area (TPSA) is 25.8 Å². The average Bonchev–Trinajstić information content (AvgIpc) is 2.97. The Kier molecular flexibility index (Phi) is 9.22. The third kappa shape index (κ3) is 7.17.